The van der Waals surface area contributed by atoms with Crippen molar-refractivity contribution < 1.29 is 9.90 Å². The number of hydrogen-bond donors (Lipinski definition) is 3. The first kappa shape index (κ1) is 19.2. The van der Waals surface area contributed by atoms with Gasteiger partial charge in [-0.2, -0.15) is 0 Å². The predicted molar refractivity (Wildman–Crippen MR) is 108 cm³/mol. The summed E-state index contributed by atoms with van der Waals surface area (Å²) in [5, 5.41) is 13.4. The summed E-state index contributed by atoms with van der Waals surface area (Å²) in [5.41, 5.74) is 6.34. The van der Waals surface area contributed by atoms with Gasteiger partial charge in [-0.3, -0.25) is 4.79 Å². The lowest BCUT2D eigenvalue weighted by Crippen LogP contribution is -2.41. The van der Waals surface area contributed by atoms with E-state index in [4.69, 9.17) is 5.73 Å². The number of aromatic hydroxyl groups is 1. The Morgan fingerprint density at radius 1 is 1.43 bits per heavy atom. The van der Waals surface area contributed by atoms with Gasteiger partial charge in [0.05, 0.1) is 9.49 Å². The van der Waals surface area contributed by atoms with Crippen LogP contribution in [0.15, 0.2) is 12.1 Å². The summed E-state index contributed by atoms with van der Waals surface area (Å²) in [5.74, 6) is 0.220. The fourth-order valence-electron chi connectivity index (χ4n) is 2.90. The molecule has 7 heteroatoms. The Kier molecular flexibility index (Phi) is 7.83. The maximum atomic E-state index is 11.3. The molecule has 0 aromatic heterocycles. The van der Waals surface area contributed by atoms with Gasteiger partial charge in [-0.05, 0) is 96.2 Å². The highest BCUT2D eigenvalue weighted by Crippen LogP contribution is 2.26. The summed E-state index contributed by atoms with van der Waals surface area (Å²) >= 11 is 4.42. The number of phenols is 1. The molecule has 1 aliphatic heterocycles. The van der Waals surface area contributed by atoms with E-state index in [1.807, 2.05) is 12.1 Å². The number of benzene rings is 1. The van der Waals surface area contributed by atoms with Crippen LogP contribution in [0.25, 0.3) is 0 Å². The van der Waals surface area contributed by atoms with Gasteiger partial charge in [0.2, 0.25) is 5.91 Å². The zero-order valence-electron chi connectivity index (χ0n) is 13.0. The molecule has 1 heterocycles. The molecule has 1 amide bonds. The quantitative estimate of drug-likeness (QED) is 0.365. The van der Waals surface area contributed by atoms with Crippen LogP contribution in [0.1, 0.15) is 24.8 Å². The van der Waals surface area contributed by atoms with Crippen molar-refractivity contribution >= 4 is 51.1 Å². The molecule has 0 aliphatic carbocycles. The van der Waals surface area contributed by atoms with E-state index in [2.05, 4.69) is 55.4 Å². The molecule has 1 unspecified atom stereocenters. The molecule has 0 spiro atoms. The number of hydrogen-bond acceptors (Lipinski definition) is 4. The molecular formula is C16H23I2N3O2. The van der Waals surface area contributed by atoms with Gasteiger partial charge in [-0.15, -0.1) is 0 Å². The lowest BCUT2D eigenvalue weighted by Gasteiger charge is -2.31. The van der Waals surface area contributed by atoms with Gasteiger partial charge in [0.15, 0.2) is 0 Å². The van der Waals surface area contributed by atoms with Crippen LogP contribution in [0.2, 0.25) is 0 Å². The van der Waals surface area contributed by atoms with Gasteiger partial charge < -0.3 is 21.1 Å². The van der Waals surface area contributed by atoms with Gasteiger partial charge in [0.1, 0.15) is 5.75 Å². The number of halogens is 2. The molecular weight excluding hydrogens is 520 g/mol. The molecule has 1 aromatic rings. The normalized spacial score (nSPS) is 19.0. The van der Waals surface area contributed by atoms with Crippen LogP contribution in [0, 0.1) is 13.1 Å². The number of nitrogens with zero attached hydrogens (tertiary/aromatic N) is 1. The molecule has 23 heavy (non-hydrogen) atoms. The van der Waals surface area contributed by atoms with Gasteiger partial charge in [0.25, 0.3) is 0 Å². The number of rotatable bonds is 7. The highest BCUT2D eigenvalue weighted by molar-refractivity contribution is 14.1. The number of primary amides is 1. The lowest BCUT2D eigenvalue weighted by atomic mass is 9.97. The minimum atomic E-state index is -0.170. The second-order valence-electron chi connectivity index (χ2n) is 5.97. The zero-order chi connectivity index (χ0) is 16.8. The Morgan fingerprint density at radius 2 is 2.22 bits per heavy atom. The fourth-order valence-corrected chi connectivity index (χ4v) is 4.86. The van der Waals surface area contributed by atoms with E-state index in [0.29, 0.717) is 12.3 Å². The van der Waals surface area contributed by atoms with E-state index < -0.39 is 0 Å². The lowest BCUT2D eigenvalue weighted by molar-refractivity contribution is -0.123. The van der Waals surface area contributed by atoms with Crippen molar-refractivity contribution in [1.29, 1.82) is 0 Å². The highest BCUT2D eigenvalue weighted by atomic mass is 127. The van der Waals surface area contributed by atoms with Crippen molar-refractivity contribution in [2.75, 3.05) is 26.2 Å². The van der Waals surface area contributed by atoms with Crippen LogP contribution in [0.5, 0.6) is 5.75 Å². The molecule has 1 aliphatic rings. The summed E-state index contributed by atoms with van der Waals surface area (Å²) in [4.78, 5) is 13.6. The predicted octanol–water partition coefficient (Wildman–Crippen LogP) is 2.28. The minimum absolute atomic E-state index is 0.0159. The van der Waals surface area contributed by atoms with Crippen LogP contribution in [0.3, 0.4) is 0 Å². The van der Waals surface area contributed by atoms with E-state index >= 15 is 0 Å². The summed E-state index contributed by atoms with van der Waals surface area (Å²) in [6.07, 6.45) is 3.00. The fraction of sp³-hybridized carbons (Fsp3) is 0.562. The van der Waals surface area contributed by atoms with Crippen LogP contribution in [-0.4, -0.2) is 42.1 Å². The van der Waals surface area contributed by atoms with Crippen molar-refractivity contribution in [3.05, 3.63) is 24.8 Å². The molecule has 1 aromatic carbocycles. The Balaban J connectivity index is 1.69. The van der Waals surface area contributed by atoms with E-state index in [1.165, 1.54) is 0 Å². The topological polar surface area (TPSA) is 78.6 Å². The molecule has 0 radical (unpaired) electrons. The van der Waals surface area contributed by atoms with Gasteiger partial charge in [-0.1, -0.05) is 0 Å². The number of phenolic OH excluding ortho intramolecular Hbond substituents is 1. The Labute approximate surface area is 164 Å². The van der Waals surface area contributed by atoms with Crippen molar-refractivity contribution in [3.8, 4) is 5.75 Å². The molecule has 0 bridgehead atoms. The van der Waals surface area contributed by atoms with Crippen molar-refractivity contribution in [1.82, 2.24) is 10.2 Å². The molecule has 1 saturated heterocycles. The maximum absolute atomic E-state index is 11.3. The molecule has 2 rings (SSSR count). The van der Waals surface area contributed by atoms with E-state index in [1.54, 1.807) is 0 Å². The van der Waals surface area contributed by atoms with Crippen molar-refractivity contribution in [2.45, 2.75) is 25.8 Å². The van der Waals surface area contributed by atoms with E-state index in [0.717, 1.165) is 58.1 Å². The molecule has 1 fully saturated rings. The first-order valence-corrected chi connectivity index (χ1v) is 10.0. The van der Waals surface area contributed by atoms with Crippen molar-refractivity contribution in [2.24, 2.45) is 11.7 Å². The first-order valence-electron chi connectivity index (χ1n) is 7.86. The summed E-state index contributed by atoms with van der Waals surface area (Å²) < 4.78 is 2.02. The van der Waals surface area contributed by atoms with E-state index in [9.17, 15) is 9.90 Å². The van der Waals surface area contributed by atoms with Gasteiger partial charge >= 0.3 is 0 Å². The standard InChI is InChI=1S/C16H23I2N3O2/c17-13-7-12(15(22)14(18)8-13)9-20-4-2-6-21-5-1-3-11(10-21)16(19)23/h7-8,11,20,22H,1-6,9-10H2,(H2,19,23). The summed E-state index contributed by atoms with van der Waals surface area (Å²) in [6.45, 7) is 4.39. The third kappa shape index (κ3) is 6.02. The monoisotopic (exact) mass is 543 g/mol. The largest absolute Gasteiger partial charge is 0.507 e. The number of carbonyl (C=O) groups is 1. The third-order valence-corrected chi connectivity index (χ3v) is 5.60. The molecule has 1 atom stereocenters. The number of likely N-dealkylation sites (tertiary alicyclic amines) is 1. The highest BCUT2D eigenvalue weighted by Gasteiger charge is 2.23. The van der Waals surface area contributed by atoms with E-state index in [-0.39, 0.29) is 11.8 Å². The average molecular weight is 543 g/mol. The first-order chi connectivity index (χ1) is 11.0. The second-order valence-corrected chi connectivity index (χ2v) is 8.38. The summed E-state index contributed by atoms with van der Waals surface area (Å²) in [6, 6.07) is 3.97. The van der Waals surface area contributed by atoms with Crippen LogP contribution < -0.4 is 11.1 Å². The zero-order valence-corrected chi connectivity index (χ0v) is 17.3. The Hall–Kier alpha value is -0.130. The number of amides is 1. The average Bonchev–Trinajstić information content (AvgIpc) is 2.51. The summed E-state index contributed by atoms with van der Waals surface area (Å²) in [7, 11) is 0. The van der Waals surface area contributed by atoms with Crippen LogP contribution in [-0.2, 0) is 11.3 Å². The SMILES string of the molecule is NC(=O)C1CCCN(CCCNCc2cc(I)cc(I)c2O)C1. The molecule has 128 valence electrons. The molecule has 5 nitrogen and oxygen atoms in total. The molecule has 4 N–H and O–H groups in total. The maximum Gasteiger partial charge on any atom is 0.221 e. The minimum Gasteiger partial charge on any atom is -0.507 e. The second kappa shape index (κ2) is 9.38. The van der Waals surface area contributed by atoms with Crippen LogP contribution >= 0.6 is 45.2 Å². The Bertz CT molecular complexity index is 554. The van der Waals surface area contributed by atoms with Gasteiger partial charge in [0, 0.05) is 22.2 Å². The number of nitrogens with one attached hydrogen (secondary N) is 1. The number of nitrogens with two attached hydrogens (primary N) is 1. The van der Waals surface area contributed by atoms with Crippen LogP contribution in [0.4, 0.5) is 0 Å². The number of carbonyl (C=O) groups excluding carboxylic acids is 1. The smallest absolute Gasteiger partial charge is 0.221 e. The Morgan fingerprint density at radius 3 is 2.96 bits per heavy atom. The van der Waals surface area contributed by atoms with Crippen molar-refractivity contribution in [3.63, 3.8) is 0 Å². The third-order valence-electron chi connectivity index (χ3n) is 4.16. The number of piperidine rings is 1. The van der Waals surface area contributed by atoms with Gasteiger partial charge in [-0.25, -0.2) is 0 Å². The molecule has 0 saturated carbocycles.